The second kappa shape index (κ2) is 8.61. The molecule has 4 aliphatic rings. The Bertz CT molecular complexity index is 962. The zero-order valence-corrected chi connectivity index (χ0v) is 18.6. The fourth-order valence-corrected chi connectivity index (χ4v) is 6.36. The van der Waals surface area contributed by atoms with Gasteiger partial charge in [-0.05, 0) is 99.1 Å². The molecule has 5 heteroatoms. The summed E-state index contributed by atoms with van der Waals surface area (Å²) in [4.78, 5) is 26.3. The van der Waals surface area contributed by atoms with Crippen LogP contribution in [-0.2, 0) is 4.79 Å². The van der Waals surface area contributed by atoms with Crippen molar-refractivity contribution < 1.29 is 19.1 Å². The van der Waals surface area contributed by atoms with Crippen molar-refractivity contribution in [1.29, 1.82) is 0 Å². The summed E-state index contributed by atoms with van der Waals surface area (Å²) >= 11 is 0. The highest BCUT2D eigenvalue weighted by Gasteiger charge is 2.55. The standard InChI is InChI=1S/C27H31NO4/c1-2-11-31-22-9-7-21(8-10-22)28-25(29)23-5-3-4-6-24(23)32-26(30)27-15-18-12-19(16-27)14-20(13-18)17-27/h3-10,18-20H,2,11-17H2,1H3,(H,28,29). The predicted octanol–water partition coefficient (Wildman–Crippen LogP) is 5.85. The Balaban J connectivity index is 1.29. The van der Waals surface area contributed by atoms with Crippen LogP contribution in [0.3, 0.4) is 0 Å². The molecule has 1 amide bonds. The van der Waals surface area contributed by atoms with Gasteiger partial charge in [-0.1, -0.05) is 19.1 Å². The van der Waals surface area contributed by atoms with Gasteiger partial charge in [0.05, 0.1) is 17.6 Å². The Morgan fingerprint density at radius 1 is 0.938 bits per heavy atom. The van der Waals surface area contributed by atoms with E-state index in [1.807, 2.05) is 24.3 Å². The number of rotatable bonds is 7. The van der Waals surface area contributed by atoms with Crippen LogP contribution in [0.25, 0.3) is 0 Å². The van der Waals surface area contributed by atoms with Crippen molar-refractivity contribution >= 4 is 17.6 Å². The quantitative estimate of drug-likeness (QED) is 0.439. The average Bonchev–Trinajstić information content (AvgIpc) is 2.78. The molecule has 1 N–H and O–H groups in total. The van der Waals surface area contributed by atoms with Crippen LogP contribution in [0.2, 0.25) is 0 Å². The lowest BCUT2D eigenvalue weighted by atomic mass is 9.49. The summed E-state index contributed by atoms with van der Waals surface area (Å²) in [5.41, 5.74) is 0.685. The maximum Gasteiger partial charge on any atom is 0.317 e. The summed E-state index contributed by atoms with van der Waals surface area (Å²) in [7, 11) is 0. The maximum absolute atomic E-state index is 13.4. The van der Waals surface area contributed by atoms with Crippen LogP contribution in [0.5, 0.6) is 11.5 Å². The lowest BCUT2D eigenvalue weighted by Gasteiger charge is -2.55. The number of amides is 1. The highest BCUT2D eigenvalue weighted by molar-refractivity contribution is 6.06. The monoisotopic (exact) mass is 433 g/mol. The number of nitrogens with one attached hydrogen (secondary N) is 1. The molecular formula is C27H31NO4. The lowest BCUT2D eigenvalue weighted by molar-refractivity contribution is -0.161. The Morgan fingerprint density at radius 2 is 1.56 bits per heavy atom. The molecule has 4 saturated carbocycles. The van der Waals surface area contributed by atoms with Crippen molar-refractivity contribution in [3.05, 3.63) is 54.1 Å². The summed E-state index contributed by atoms with van der Waals surface area (Å²) in [5, 5.41) is 2.90. The van der Waals surface area contributed by atoms with Gasteiger partial charge < -0.3 is 14.8 Å². The highest BCUT2D eigenvalue weighted by Crippen LogP contribution is 2.60. The fraction of sp³-hybridized carbons (Fsp3) is 0.481. The molecule has 32 heavy (non-hydrogen) atoms. The summed E-state index contributed by atoms with van der Waals surface area (Å²) < 4.78 is 11.5. The number of carbonyl (C=O) groups is 2. The number of carbonyl (C=O) groups excluding carboxylic acids is 2. The Kier molecular flexibility index (Phi) is 5.66. The fourth-order valence-electron chi connectivity index (χ4n) is 6.36. The minimum Gasteiger partial charge on any atom is -0.494 e. The van der Waals surface area contributed by atoms with E-state index >= 15 is 0 Å². The third kappa shape index (κ3) is 4.13. The molecule has 0 aliphatic heterocycles. The topological polar surface area (TPSA) is 64.6 Å². The van der Waals surface area contributed by atoms with Gasteiger partial charge in [-0.2, -0.15) is 0 Å². The van der Waals surface area contributed by atoms with E-state index in [1.54, 1.807) is 24.3 Å². The molecule has 2 aromatic rings. The van der Waals surface area contributed by atoms with E-state index in [0.717, 1.165) is 31.4 Å². The summed E-state index contributed by atoms with van der Waals surface area (Å²) in [6.45, 7) is 2.72. The van der Waals surface area contributed by atoms with Crippen molar-refractivity contribution in [2.24, 2.45) is 23.2 Å². The zero-order chi connectivity index (χ0) is 22.1. The maximum atomic E-state index is 13.4. The summed E-state index contributed by atoms with van der Waals surface area (Å²) in [5.74, 6) is 2.67. The van der Waals surface area contributed by atoms with E-state index in [0.29, 0.717) is 41.4 Å². The van der Waals surface area contributed by atoms with Crippen LogP contribution in [0.4, 0.5) is 5.69 Å². The molecule has 0 saturated heterocycles. The first-order valence-corrected chi connectivity index (χ1v) is 11.9. The molecule has 0 radical (unpaired) electrons. The van der Waals surface area contributed by atoms with Gasteiger partial charge in [0, 0.05) is 5.69 Å². The van der Waals surface area contributed by atoms with Crippen molar-refractivity contribution in [3.63, 3.8) is 0 Å². The van der Waals surface area contributed by atoms with E-state index < -0.39 is 0 Å². The highest BCUT2D eigenvalue weighted by atomic mass is 16.5. The molecule has 6 rings (SSSR count). The summed E-state index contributed by atoms with van der Waals surface area (Å²) in [6, 6.07) is 14.3. The van der Waals surface area contributed by atoms with Crippen LogP contribution in [0.15, 0.2) is 48.5 Å². The number of hydrogen-bond donors (Lipinski definition) is 1. The number of esters is 1. The van der Waals surface area contributed by atoms with Crippen molar-refractivity contribution in [3.8, 4) is 11.5 Å². The van der Waals surface area contributed by atoms with E-state index in [1.165, 1.54) is 19.3 Å². The first-order valence-electron chi connectivity index (χ1n) is 11.9. The Morgan fingerprint density at radius 3 is 2.19 bits per heavy atom. The Hall–Kier alpha value is -2.82. The molecule has 5 nitrogen and oxygen atoms in total. The number of hydrogen-bond acceptors (Lipinski definition) is 4. The third-order valence-corrected chi connectivity index (χ3v) is 7.39. The second-order valence-corrected chi connectivity index (χ2v) is 9.91. The van der Waals surface area contributed by atoms with Gasteiger partial charge in [-0.25, -0.2) is 0 Å². The van der Waals surface area contributed by atoms with Gasteiger partial charge in [-0.15, -0.1) is 0 Å². The average molecular weight is 434 g/mol. The molecule has 0 atom stereocenters. The second-order valence-electron chi connectivity index (χ2n) is 9.91. The van der Waals surface area contributed by atoms with E-state index in [-0.39, 0.29) is 17.3 Å². The SMILES string of the molecule is CCCOc1ccc(NC(=O)c2ccccc2OC(=O)C23CC4CC(CC(C4)C2)C3)cc1. The largest absolute Gasteiger partial charge is 0.494 e. The van der Waals surface area contributed by atoms with Crippen LogP contribution in [0.1, 0.15) is 62.2 Å². The van der Waals surface area contributed by atoms with Crippen molar-refractivity contribution in [1.82, 2.24) is 0 Å². The van der Waals surface area contributed by atoms with Crippen LogP contribution in [0, 0.1) is 23.2 Å². The molecule has 0 unspecified atom stereocenters. The smallest absolute Gasteiger partial charge is 0.317 e. The van der Waals surface area contributed by atoms with Crippen LogP contribution < -0.4 is 14.8 Å². The normalized spacial score (nSPS) is 27.7. The minimum absolute atomic E-state index is 0.144. The molecule has 0 heterocycles. The number of anilines is 1. The van der Waals surface area contributed by atoms with Gasteiger partial charge in [0.25, 0.3) is 5.91 Å². The van der Waals surface area contributed by atoms with Crippen molar-refractivity contribution in [2.75, 3.05) is 11.9 Å². The molecule has 168 valence electrons. The first-order chi connectivity index (χ1) is 15.5. The van der Waals surface area contributed by atoms with Gasteiger partial charge in [0.15, 0.2) is 0 Å². The lowest BCUT2D eigenvalue weighted by Crippen LogP contribution is -2.51. The van der Waals surface area contributed by atoms with Gasteiger partial charge in [-0.3, -0.25) is 9.59 Å². The summed E-state index contributed by atoms with van der Waals surface area (Å²) in [6.07, 6.45) is 7.59. The molecular weight excluding hydrogens is 402 g/mol. The Labute approximate surface area is 189 Å². The zero-order valence-electron chi connectivity index (χ0n) is 18.6. The molecule has 4 bridgehead atoms. The third-order valence-electron chi connectivity index (χ3n) is 7.39. The van der Waals surface area contributed by atoms with Crippen LogP contribution >= 0.6 is 0 Å². The number of ether oxygens (including phenoxy) is 2. The molecule has 2 aromatic carbocycles. The van der Waals surface area contributed by atoms with Gasteiger partial charge >= 0.3 is 5.97 Å². The number of benzene rings is 2. The predicted molar refractivity (Wildman–Crippen MR) is 123 cm³/mol. The molecule has 4 aliphatic carbocycles. The molecule has 4 fully saturated rings. The first kappa shape index (κ1) is 21.0. The van der Waals surface area contributed by atoms with E-state index in [9.17, 15) is 9.59 Å². The van der Waals surface area contributed by atoms with Crippen molar-refractivity contribution in [2.45, 2.75) is 51.9 Å². The van der Waals surface area contributed by atoms with Crippen LogP contribution in [-0.4, -0.2) is 18.5 Å². The van der Waals surface area contributed by atoms with Gasteiger partial charge in [0.2, 0.25) is 0 Å². The number of para-hydroxylation sites is 1. The van der Waals surface area contributed by atoms with E-state index in [4.69, 9.17) is 9.47 Å². The molecule has 0 aromatic heterocycles. The minimum atomic E-state index is -0.355. The van der Waals surface area contributed by atoms with Gasteiger partial charge in [0.1, 0.15) is 11.5 Å². The molecule has 0 spiro atoms. The van der Waals surface area contributed by atoms with E-state index in [2.05, 4.69) is 12.2 Å².